The largest absolute Gasteiger partial charge is 0.494 e. The highest BCUT2D eigenvalue weighted by molar-refractivity contribution is 7.89. The van der Waals surface area contributed by atoms with E-state index in [0.29, 0.717) is 26.2 Å². The van der Waals surface area contributed by atoms with E-state index in [2.05, 4.69) is 4.72 Å². The highest BCUT2D eigenvalue weighted by atomic mass is 32.2. The first-order valence-electron chi connectivity index (χ1n) is 8.03. The molecule has 25 heavy (non-hydrogen) atoms. The standard InChI is InChI=1S/C16H25FN2O5S/c1-19(2)7-9-24-16-11-23-8-6-14(16)18-25(20,21)12-4-5-15(22-3)13(17)10-12/h4-5,10,14,16,18H,6-9,11H2,1-3H3/t14-,16-/m1/s1. The van der Waals surface area contributed by atoms with E-state index in [-0.39, 0.29) is 16.7 Å². The van der Waals surface area contributed by atoms with Gasteiger partial charge < -0.3 is 19.1 Å². The first-order valence-corrected chi connectivity index (χ1v) is 9.52. The Morgan fingerprint density at radius 2 is 2.16 bits per heavy atom. The molecule has 1 aliphatic rings. The third-order valence-electron chi connectivity index (χ3n) is 3.91. The second-order valence-electron chi connectivity index (χ2n) is 6.10. The Bertz CT molecular complexity index is 668. The Morgan fingerprint density at radius 3 is 2.80 bits per heavy atom. The van der Waals surface area contributed by atoms with E-state index >= 15 is 0 Å². The van der Waals surface area contributed by atoms with Crippen LogP contribution in [0.5, 0.6) is 5.75 Å². The number of methoxy groups -OCH3 is 1. The van der Waals surface area contributed by atoms with Gasteiger partial charge in [0.05, 0.1) is 37.4 Å². The summed E-state index contributed by atoms with van der Waals surface area (Å²) in [7, 11) is 1.31. The van der Waals surface area contributed by atoms with Crippen LogP contribution in [-0.4, -0.2) is 73.0 Å². The fourth-order valence-electron chi connectivity index (χ4n) is 2.48. The second kappa shape index (κ2) is 8.91. The highest BCUT2D eigenvalue weighted by Gasteiger charge is 2.31. The fraction of sp³-hybridized carbons (Fsp3) is 0.625. The number of rotatable bonds is 8. The molecule has 2 atom stereocenters. The molecular formula is C16H25FN2O5S. The Morgan fingerprint density at radius 1 is 1.40 bits per heavy atom. The summed E-state index contributed by atoms with van der Waals surface area (Å²) in [5, 5.41) is 0. The maximum absolute atomic E-state index is 13.8. The number of hydrogen-bond acceptors (Lipinski definition) is 6. The van der Waals surface area contributed by atoms with Crippen molar-refractivity contribution < 1.29 is 27.0 Å². The van der Waals surface area contributed by atoms with Crippen LogP contribution < -0.4 is 9.46 Å². The molecule has 0 spiro atoms. The van der Waals surface area contributed by atoms with E-state index in [1.807, 2.05) is 19.0 Å². The molecular weight excluding hydrogens is 351 g/mol. The zero-order valence-corrected chi connectivity index (χ0v) is 15.5. The zero-order chi connectivity index (χ0) is 18.4. The lowest BCUT2D eigenvalue weighted by atomic mass is 10.1. The number of benzene rings is 1. The molecule has 0 unspecified atom stereocenters. The van der Waals surface area contributed by atoms with Gasteiger partial charge in [-0.15, -0.1) is 0 Å². The van der Waals surface area contributed by atoms with Gasteiger partial charge in [-0.3, -0.25) is 0 Å². The lowest BCUT2D eigenvalue weighted by Gasteiger charge is -2.32. The van der Waals surface area contributed by atoms with Crippen molar-refractivity contribution in [3.05, 3.63) is 24.0 Å². The van der Waals surface area contributed by atoms with Gasteiger partial charge in [-0.2, -0.15) is 0 Å². The number of sulfonamides is 1. The molecule has 0 radical (unpaired) electrons. The molecule has 0 saturated carbocycles. The molecule has 1 heterocycles. The average Bonchev–Trinajstić information content (AvgIpc) is 2.55. The quantitative estimate of drug-likeness (QED) is 0.725. The molecule has 1 fully saturated rings. The van der Waals surface area contributed by atoms with Crippen LogP contribution in [0.25, 0.3) is 0 Å². The van der Waals surface area contributed by atoms with Gasteiger partial charge in [-0.05, 0) is 38.7 Å². The molecule has 2 rings (SSSR count). The van der Waals surface area contributed by atoms with Crippen LogP contribution in [0.4, 0.5) is 4.39 Å². The van der Waals surface area contributed by atoms with Crippen LogP contribution >= 0.6 is 0 Å². The lowest BCUT2D eigenvalue weighted by molar-refractivity contribution is -0.0665. The zero-order valence-electron chi connectivity index (χ0n) is 14.7. The summed E-state index contributed by atoms with van der Waals surface area (Å²) < 4.78 is 57.5. The summed E-state index contributed by atoms with van der Waals surface area (Å²) >= 11 is 0. The highest BCUT2D eigenvalue weighted by Crippen LogP contribution is 2.22. The minimum atomic E-state index is -3.87. The van der Waals surface area contributed by atoms with Gasteiger partial charge in [0.1, 0.15) is 0 Å². The van der Waals surface area contributed by atoms with Crippen LogP contribution in [0.15, 0.2) is 23.1 Å². The third-order valence-corrected chi connectivity index (χ3v) is 5.40. The van der Waals surface area contributed by atoms with Crippen molar-refractivity contribution in [2.75, 3.05) is 47.6 Å². The van der Waals surface area contributed by atoms with Crippen molar-refractivity contribution in [2.45, 2.75) is 23.5 Å². The number of likely N-dealkylation sites (N-methyl/N-ethyl adjacent to an activating group) is 1. The summed E-state index contributed by atoms with van der Waals surface area (Å²) in [4.78, 5) is 1.83. The molecule has 0 aromatic heterocycles. The predicted octanol–water partition coefficient (Wildman–Crippen LogP) is 0.848. The van der Waals surface area contributed by atoms with Gasteiger partial charge in [0.15, 0.2) is 11.6 Å². The van der Waals surface area contributed by atoms with Crippen molar-refractivity contribution in [1.29, 1.82) is 0 Å². The summed E-state index contributed by atoms with van der Waals surface area (Å²) in [6.07, 6.45) is 0.108. The van der Waals surface area contributed by atoms with Crippen molar-refractivity contribution in [1.82, 2.24) is 9.62 Å². The Kier molecular flexibility index (Phi) is 7.14. The number of nitrogens with zero attached hydrogens (tertiary/aromatic N) is 1. The molecule has 7 nitrogen and oxygen atoms in total. The van der Waals surface area contributed by atoms with E-state index in [0.717, 1.165) is 12.6 Å². The summed E-state index contributed by atoms with van der Waals surface area (Å²) in [5.41, 5.74) is 0. The maximum atomic E-state index is 13.8. The normalized spacial score (nSPS) is 21.5. The predicted molar refractivity (Wildman–Crippen MR) is 90.8 cm³/mol. The van der Waals surface area contributed by atoms with Crippen LogP contribution in [0.1, 0.15) is 6.42 Å². The smallest absolute Gasteiger partial charge is 0.241 e. The number of hydrogen-bond donors (Lipinski definition) is 1. The molecule has 142 valence electrons. The van der Waals surface area contributed by atoms with Crippen molar-refractivity contribution in [3.63, 3.8) is 0 Å². The fourth-order valence-corrected chi connectivity index (χ4v) is 3.79. The SMILES string of the molecule is COc1ccc(S(=O)(=O)N[C@@H]2CCOC[C@H]2OCCN(C)C)cc1F. The van der Waals surface area contributed by atoms with Gasteiger partial charge in [-0.25, -0.2) is 17.5 Å². The molecule has 9 heteroatoms. The van der Waals surface area contributed by atoms with Gasteiger partial charge in [0.25, 0.3) is 0 Å². The van der Waals surface area contributed by atoms with E-state index in [1.165, 1.54) is 19.2 Å². The average molecular weight is 376 g/mol. The number of ether oxygens (including phenoxy) is 3. The van der Waals surface area contributed by atoms with Crippen LogP contribution in [0, 0.1) is 5.82 Å². The summed E-state index contributed by atoms with van der Waals surface area (Å²) in [6, 6.07) is 3.12. The molecule has 1 saturated heterocycles. The molecule has 1 N–H and O–H groups in total. The van der Waals surface area contributed by atoms with E-state index < -0.39 is 21.9 Å². The third kappa shape index (κ3) is 5.61. The first kappa shape index (κ1) is 20.1. The Balaban J connectivity index is 2.07. The van der Waals surface area contributed by atoms with Crippen LogP contribution in [0.3, 0.4) is 0 Å². The van der Waals surface area contributed by atoms with Crippen LogP contribution in [0.2, 0.25) is 0 Å². The first-order chi connectivity index (χ1) is 11.8. The molecule has 0 amide bonds. The monoisotopic (exact) mass is 376 g/mol. The molecule has 0 bridgehead atoms. The molecule has 1 aromatic carbocycles. The van der Waals surface area contributed by atoms with Crippen molar-refractivity contribution in [3.8, 4) is 5.75 Å². The Labute approximate surface area is 148 Å². The lowest BCUT2D eigenvalue weighted by Crippen LogP contribution is -2.50. The topological polar surface area (TPSA) is 77.1 Å². The number of halogens is 1. The van der Waals surface area contributed by atoms with Gasteiger partial charge in [0, 0.05) is 13.2 Å². The summed E-state index contributed by atoms with van der Waals surface area (Å²) in [6.45, 7) is 1.95. The van der Waals surface area contributed by atoms with Crippen LogP contribution in [-0.2, 0) is 19.5 Å². The van der Waals surface area contributed by atoms with E-state index in [4.69, 9.17) is 14.2 Å². The van der Waals surface area contributed by atoms with Gasteiger partial charge in [0.2, 0.25) is 10.0 Å². The Hall–Kier alpha value is -1.26. The summed E-state index contributed by atoms with van der Waals surface area (Å²) in [5.74, 6) is -0.731. The number of nitrogens with one attached hydrogen (secondary N) is 1. The molecule has 0 aliphatic carbocycles. The molecule has 1 aliphatic heterocycles. The minimum Gasteiger partial charge on any atom is -0.494 e. The van der Waals surface area contributed by atoms with Gasteiger partial charge in [-0.1, -0.05) is 0 Å². The van der Waals surface area contributed by atoms with E-state index in [1.54, 1.807) is 0 Å². The minimum absolute atomic E-state index is 0.00471. The van der Waals surface area contributed by atoms with E-state index in [9.17, 15) is 12.8 Å². The van der Waals surface area contributed by atoms with Crippen molar-refractivity contribution in [2.24, 2.45) is 0 Å². The van der Waals surface area contributed by atoms with Crippen molar-refractivity contribution >= 4 is 10.0 Å². The molecule has 1 aromatic rings. The maximum Gasteiger partial charge on any atom is 0.241 e. The van der Waals surface area contributed by atoms with Gasteiger partial charge >= 0.3 is 0 Å². The second-order valence-corrected chi connectivity index (χ2v) is 7.81.